The number of hydrogen-bond donors (Lipinski definition) is 0. The van der Waals surface area contributed by atoms with Crippen molar-refractivity contribution in [3.05, 3.63) is 160 Å². The first kappa shape index (κ1) is 75.0. The predicted octanol–water partition coefficient (Wildman–Crippen LogP) is 16.8. The molecule has 6 radical (unpaired) electrons. The number of ether oxygens (including phenoxy) is 1. The van der Waals surface area contributed by atoms with E-state index in [1.165, 1.54) is 68.9 Å². The van der Waals surface area contributed by atoms with E-state index in [4.69, 9.17) is 4.74 Å². The van der Waals surface area contributed by atoms with Gasteiger partial charge in [-0.15, -0.1) is 29.3 Å². The molecule has 3 saturated carbocycles. The molecule has 15 heteroatoms. The number of aryl methyl sites for hydroxylation is 3. The molecule has 3 fully saturated rings. The van der Waals surface area contributed by atoms with Crippen LogP contribution in [-0.4, -0.2) is 6.61 Å². The molecule has 5 aromatic carbocycles. The van der Waals surface area contributed by atoms with Gasteiger partial charge in [-0.25, -0.2) is 17.6 Å². The summed E-state index contributed by atoms with van der Waals surface area (Å²) in [5, 5.41) is 0. The smallest absolute Gasteiger partial charge is 0.200 e. The van der Waals surface area contributed by atoms with Crippen molar-refractivity contribution in [1.82, 2.24) is 0 Å². The average Bonchev–Trinajstić information content (AvgIpc) is 3.30. The minimum absolute atomic E-state index is 0. The van der Waals surface area contributed by atoms with Crippen LogP contribution in [0.15, 0.2) is 72.8 Å². The molecule has 0 aromatic heterocycles. The fourth-order valence-electron chi connectivity index (χ4n) is 8.87. The topological polar surface area (TPSA) is 9.23 Å². The summed E-state index contributed by atoms with van der Waals surface area (Å²) in [5.74, 6) is -2.78. The summed E-state index contributed by atoms with van der Waals surface area (Å²) in [5.41, 5.74) is 3.38. The summed E-state index contributed by atoms with van der Waals surface area (Å²) >= 11 is 0. The fraction of sp³-hybridized carbons (Fsp3) is 0.464. The Morgan fingerprint density at radius 3 is 1.48 bits per heavy atom. The molecule has 0 N–H and O–H groups in total. The first-order valence-electron chi connectivity index (χ1n) is 23.3. The van der Waals surface area contributed by atoms with Gasteiger partial charge in [0.25, 0.3) is 0 Å². The Balaban J connectivity index is 0. The van der Waals surface area contributed by atoms with Crippen molar-refractivity contribution in [3.63, 3.8) is 0 Å². The van der Waals surface area contributed by atoms with Crippen LogP contribution in [0.1, 0.15) is 132 Å². The maximum atomic E-state index is 13.6. The van der Waals surface area contributed by atoms with Crippen LogP contribution in [0, 0.1) is 108 Å². The fourth-order valence-corrected chi connectivity index (χ4v) is 8.87. The van der Waals surface area contributed by atoms with Crippen molar-refractivity contribution in [3.8, 4) is 16.9 Å². The second-order valence-electron chi connectivity index (χ2n) is 18.6. The van der Waals surface area contributed by atoms with E-state index >= 15 is 0 Å². The first-order valence-corrected chi connectivity index (χ1v) is 23.3. The zero-order chi connectivity index (χ0) is 47.0. The van der Waals surface area contributed by atoms with Crippen molar-refractivity contribution in [1.29, 1.82) is 0 Å². The van der Waals surface area contributed by atoms with Crippen LogP contribution in [0.25, 0.3) is 11.1 Å². The molecule has 1 nitrogen and oxygen atoms in total. The van der Waals surface area contributed by atoms with Crippen molar-refractivity contribution in [2.45, 2.75) is 130 Å². The Hall–Kier alpha value is 1.96. The van der Waals surface area contributed by atoms with E-state index in [9.17, 15) is 35.1 Å². The zero-order valence-corrected chi connectivity index (χ0v) is 58.9. The number of halogens is 8. The molecule has 0 saturated heterocycles. The Bertz CT molecular complexity index is 2240. The van der Waals surface area contributed by atoms with Gasteiger partial charge in [0.2, 0.25) is 5.82 Å². The minimum Gasteiger partial charge on any atom is -0.490 e. The zero-order valence-electron chi connectivity index (χ0n) is 41.9. The Morgan fingerprint density at radius 2 is 0.930 bits per heavy atom. The predicted molar refractivity (Wildman–Crippen MR) is 243 cm³/mol. The summed E-state index contributed by atoms with van der Waals surface area (Å²) in [4.78, 5) is 0. The van der Waals surface area contributed by atoms with Gasteiger partial charge in [0.1, 0.15) is 0 Å². The van der Waals surface area contributed by atoms with Gasteiger partial charge in [0.15, 0.2) is 11.6 Å². The van der Waals surface area contributed by atoms with Crippen molar-refractivity contribution in [2.24, 2.45) is 29.6 Å². The third-order valence-corrected chi connectivity index (χ3v) is 13.4. The van der Waals surface area contributed by atoms with Crippen LogP contribution >= 0.6 is 0 Å². The molecule has 0 aliphatic heterocycles. The van der Waals surface area contributed by atoms with Gasteiger partial charge in [0.05, 0.1) is 12.4 Å². The molecular formula is C56H63F8OY6-3. The molecule has 0 heterocycles. The van der Waals surface area contributed by atoms with Gasteiger partial charge < -0.3 is 4.74 Å². The summed E-state index contributed by atoms with van der Waals surface area (Å²) in [6.07, 6.45) is 15.5. The molecule has 8 rings (SSSR count). The summed E-state index contributed by atoms with van der Waals surface area (Å²) in [6, 6.07) is 26.2. The second kappa shape index (κ2) is 39.4. The molecule has 5 aromatic rings. The Kier molecular flexibility index (Phi) is 41.6. The third-order valence-electron chi connectivity index (χ3n) is 13.4. The Morgan fingerprint density at radius 1 is 0.465 bits per heavy atom. The van der Waals surface area contributed by atoms with Crippen LogP contribution in [-0.2, 0) is 203 Å². The van der Waals surface area contributed by atoms with Crippen LogP contribution in [0.4, 0.5) is 35.1 Å². The van der Waals surface area contributed by atoms with Gasteiger partial charge in [0, 0.05) is 225 Å². The number of rotatable bonds is 8. The largest absolute Gasteiger partial charge is 0.490 e. The second-order valence-corrected chi connectivity index (χ2v) is 18.6. The van der Waals surface area contributed by atoms with Gasteiger partial charge in [-0.05, 0) is 105 Å². The maximum Gasteiger partial charge on any atom is 0.200 e. The SMILES string of the molecule is CC1CCC(CCc2cc[c-]c(F)c2F)CC1.CC1CCC(c2cc[c-]c(F)c2F)CC1.Cc1ccc(-c2cc[c-]c(F)c2F)cc1.Cc1ccc(OCC2CCC(C)CC2)c(F)c1F.[Y].[Y].[Y].[Y].[Y].[Y]. The molecule has 0 unspecified atom stereocenters. The van der Waals surface area contributed by atoms with E-state index in [0.29, 0.717) is 47.1 Å². The quantitative estimate of drug-likeness (QED) is 0.111. The van der Waals surface area contributed by atoms with Gasteiger partial charge in [-0.2, -0.15) is 40.8 Å². The van der Waals surface area contributed by atoms with E-state index in [1.807, 2.05) is 19.1 Å². The van der Waals surface area contributed by atoms with Gasteiger partial charge in [-0.1, -0.05) is 114 Å². The molecule has 3 aliphatic rings. The summed E-state index contributed by atoms with van der Waals surface area (Å²) in [7, 11) is 0. The first-order chi connectivity index (χ1) is 31.1. The molecule has 0 spiro atoms. The number of benzene rings is 5. The average molecular weight is 1440 g/mol. The molecule has 71 heavy (non-hydrogen) atoms. The van der Waals surface area contributed by atoms with Crippen molar-refractivity contribution < 1.29 is 236 Å². The summed E-state index contributed by atoms with van der Waals surface area (Å²) < 4.78 is 111. The normalized spacial score (nSPS) is 19.8. The summed E-state index contributed by atoms with van der Waals surface area (Å²) in [6.45, 7) is 10.7. The van der Waals surface area contributed by atoms with Gasteiger partial charge in [-0.3, -0.25) is 13.2 Å². The van der Waals surface area contributed by atoms with Crippen LogP contribution in [0.5, 0.6) is 5.75 Å². The minimum atomic E-state index is -0.937. The van der Waals surface area contributed by atoms with E-state index in [1.54, 1.807) is 37.3 Å². The molecule has 370 valence electrons. The van der Waals surface area contributed by atoms with Crippen LogP contribution in [0.3, 0.4) is 0 Å². The van der Waals surface area contributed by atoms with Gasteiger partial charge >= 0.3 is 0 Å². The van der Waals surface area contributed by atoms with E-state index in [0.717, 1.165) is 68.3 Å². The third kappa shape index (κ3) is 24.9. The van der Waals surface area contributed by atoms with Crippen LogP contribution in [0.2, 0.25) is 0 Å². The van der Waals surface area contributed by atoms with Crippen molar-refractivity contribution in [2.75, 3.05) is 6.61 Å². The van der Waals surface area contributed by atoms with E-state index in [2.05, 4.69) is 39.0 Å². The number of hydrogen-bond acceptors (Lipinski definition) is 1. The Labute approximate surface area is 570 Å². The molecule has 0 bridgehead atoms. The molecule has 3 aliphatic carbocycles. The molecule has 0 amide bonds. The maximum absolute atomic E-state index is 13.6. The molecule has 0 atom stereocenters. The van der Waals surface area contributed by atoms with Crippen LogP contribution < -0.4 is 4.74 Å². The van der Waals surface area contributed by atoms with E-state index < -0.39 is 46.5 Å². The molecular weight excluding hydrogens is 1370 g/mol. The van der Waals surface area contributed by atoms with E-state index in [-0.39, 0.29) is 213 Å². The monoisotopic (exact) mass is 1440 g/mol. The standard InChI is InChI=1S/C15H20F2O.C15H19F2.C13H15F2.C13H9F2.6Y/c1-10-3-6-12(7-4-10)9-18-13-8-5-11(2)14(16)15(13)17;1-11-5-7-12(8-6-11)9-10-13-3-2-4-14(16)15(13)17;2*1-9-5-7-10(8-6-9)11-3-2-4-12(14)13(11)15;;;;;;/h5,8,10,12H,3-4,6-7,9H2,1-2H3;2-3,11-12H,5-10H2,1H3;2-3,9-10H,5-8H2,1H3;2-3,5-8H,1H3;;;;;;/q;3*-1;;;;;;. The van der Waals surface area contributed by atoms with Crippen molar-refractivity contribution >= 4 is 0 Å².